The number of hydrogen-bond donors (Lipinski definition) is 0. The quantitative estimate of drug-likeness (QED) is 0.252. The first-order valence-electron chi connectivity index (χ1n) is 13.9. The molecule has 2 unspecified atom stereocenters. The molecule has 0 saturated heterocycles. The summed E-state index contributed by atoms with van der Waals surface area (Å²) in [5.74, 6) is 1.52. The summed E-state index contributed by atoms with van der Waals surface area (Å²) in [6.45, 7) is 7.41. The van der Waals surface area contributed by atoms with E-state index in [1.165, 1.54) is 22.3 Å². The first-order chi connectivity index (χ1) is 19.6. The molecule has 2 aliphatic heterocycles. The number of rotatable bonds is 4. The molecular formula is C36H43FN2O2. The van der Waals surface area contributed by atoms with Crippen LogP contribution in [0.3, 0.4) is 0 Å². The van der Waals surface area contributed by atoms with E-state index >= 15 is 0 Å². The van der Waals surface area contributed by atoms with Crippen molar-refractivity contribution in [1.82, 2.24) is 0 Å². The summed E-state index contributed by atoms with van der Waals surface area (Å²) in [4.78, 5) is 9.55. The third-order valence-electron chi connectivity index (χ3n) is 6.75. The molecule has 0 fully saturated rings. The molecule has 0 bridgehead atoms. The van der Waals surface area contributed by atoms with Crippen molar-refractivity contribution in [3.05, 3.63) is 143 Å². The molecule has 41 heavy (non-hydrogen) atoms. The fourth-order valence-electron chi connectivity index (χ4n) is 4.97. The molecule has 6 rings (SSSR count). The van der Waals surface area contributed by atoms with Crippen LogP contribution in [0.15, 0.2) is 119 Å². The van der Waals surface area contributed by atoms with Gasteiger partial charge in [-0.2, -0.15) is 0 Å². The molecule has 0 spiro atoms. The van der Waals surface area contributed by atoms with E-state index in [0.717, 1.165) is 22.9 Å². The van der Waals surface area contributed by atoms with Crippen LogP contribution in [0.2, 0.25) is 0 Å². The van der Waals surface area contributed by atoms with Crippen molar-refractivity contribution < 1.29 is 15.2 Å². The van der Waals surface area contributed by atoms with Crippen molar-refractivity contribution in [2.24, 2.45) is 9.98 Å². The van der Waals surface area contributed by atoms with Crippen molar-refractivity contribution in [1.29, 1.82) is 0 Å². The zero-order chi connectivity index (χ0) is 28.4. The number of aliphatic imine (C=N–C) groups is 2. The standard InChI is InChI=1S/C17H17NO.C16H15NO.CH3F.2CH4/c1-3-19-16-14-11-7-8-12-15(14)17(2,18-16)13-9-5-4-6-10-13;1-2-18-16-14-11-7-6-10-13(14)15(17-16)12-8-4-3-5-9-12;1-2;;/h4-12H,3H2,1-2H3;3-11,15H,2H2,1H3;1H3;2*1H4/i;;1D;;. The van der Waals surface area contributed by atoms with Crippen molar-refractivity contribution in [3.8, 4) is 0 Å². The average Bonchev–Trinajstić information content (AvgIpc) is 3.51. The van der Waals surface area contributed by atoms with E-state index < -0.39 is 7.15 Å². The largest absolute Gasteiger partial charge is 0.478 e. The van der Waals surface area contributed by atoms with E-state index in [9.17, 15) is 4.39 Å². The smallest absolute Gasteiger partial charge is 0.217 e. The van der Waals surface area contributed by atoms with Crippen LogP contribution in [0.25, 0.3) is 0 Å². The van der Waals surface area contributed by atoms with Gasteiger partial charge in [0.25, 0.3) is 0 Å². The number of benzene rings is 4. The van der Waals surface area contributed by atoms with E-state index in [4.69, 9.17) is 20.8 Å². The summed E-state index contributed by atoms with van der Waals surface area (Å²) in [5, 5.41) is 0. The summed E-state index contributed by atoms with van der Waals surface area (Å²) in [7, 11) is -1.00. The van der Waals surface area contributed by atoms with Crippen molar-refractivity contribution in [3.63, 3.8) is 0 Å². The SMILES string of the molecule is C.C.CCOC1=NC(C)(c2ccccc2)c2ccccc21.CCOC1=NC(c2ccccc2)c2ccccc21.[2H]CF. The second-order valence-corrected chi connectivity index (χ2v) is 9.10. The second-order valence-electron chi connectivity index (χ2n) is 9.10. The molecule has 2 heterocycles. The minimum absolute atomic E-state index is 0. The number of hydrogen-bond acceptors (Lipinski definition) is 4. The molecule has 0 aliphatic carbocycles. The van der Waals surface area contributed by atoms with E-state index in [2.05, 4.69) is 79.7 Å². The van der Waals surface area contributed by atoms with Crippen molar-refractivity contribution >= 4 is 11.8 Å². The van der Waals surface area contributed by atoms with Gasteiger partial charge in [0.15, 0.2) is 0 Å². The van der Waals surface area contributed by atoms with Gasteiger partial charge < -0.3 is 9.47 Å². The Kier molecular flexibility index (Phi) is 11.8. The molecule has 4 nitrogen and oxygen atoms in total. The molecule has 0 radical (unpaired) electrons. The third kappa shape index (κ3) is 6.91. The van der Waals surface area contributed by atoms with Crippen LogP contribution in [0, 0.1) is 0 Å². The van der Waals surface area contributed by atoms with Gasteiger partial charge in [0.05, 0.1) is 21.7 Å². The van der Waals surface area contributed by atoms with Crippen LogP contribution in [-0.4, -0.2) is 32.2 Å². The number of nitrogens with zero attached hydrogens (tertiary/aromatic N) is 2. The minimum Gasteiger partial charge on any atom is -0.478 e. The van der Waals surface area contributed by atoms with E-state index in [-0.39, 0.29) is 26.4 Å². The molecule has 216 valence electrons. The molecule has 4 aromatic rings. The molecule has 5 heteroatoms. The van der Waals surface area contributed by atoms with Gasteiger partial charge in [-0.3, -0.25) is 4.39 Å². The maximum atomic E-state index is 9.96. The Labute approximate surface area is 247 Å². The van der Waals surface area contributed by atoms with Crippen LogP contribution < -0.4 is 0 Å². The maximum Gasteiger partial charge on any atom is 0.217 e. The van der Waals surface area contributed by atoms with Crippen LogP contribution in [-0.2, 0) is 15.0 Å². The van der Waals surface area contributed by atoms with E-state index in [1.807, 2.05) is 50.2 Å². The van der Waals surface area contributed by atoms with Gasteiger partial charge in [0.2, 0.25) is 11.8 Å². The van der Waals surface area contributed by atoms with Crippen LogP contribution in [0.1, 0.15) is 76.4 Å². The molecule has 0 saturated carbocycles. The second kappa shape index (κ2) is 15.5. The lowest BCUT2D eigenvalue weighted by molar-refractivity contribution is 0.326. The predicted molar refractivity (Wildman–Crippen MR) is 171 cm³/mol. The Morgan fingerprint density at radius 1 is 0.732 bits per heavy atom. The highest BCUT2D eigenvalue weighted by Gasteiger charge is 2.37. The van der Waals surface area contributed by atoms with E-state index in [1.54, 1.807) is 0 Å². The van der Waals surface area contributed by atoms with Gasteiger partial charge in [-0.15, -0.1) is 0 Å². The molecule has 0 N–H and O–H groups in total. The average molecular weight is 556 g/mol. The molecule has 0 amide bonds. The molecular weight excluding hydrogens is 511 g/mol. The molecule has 4 aromatic carbocycles. The topological polar surface area (TPSA) is 43.2 Å². The number of fused-ring (bicyclic) bond motifs is 2. The summed E-state index contributed by atoms with van der Waals surface area (Å²) in [5.41, 5.74) is 6.72. The van der Waals surface area contributed by atoms with Gasteiger partial charge in [-0.05, 0) is 55.2 Å². The fourth-order valence-corrected chi connectivity index (χ4v) is 4.97. The van der Waals surface area contributed by atoms with Crippen molar-refractivity contribution in [2.75, 3.05) is 20.4 Å². The van der Waals surface area contributed by atoms with Crippen LogP contribution >= 0.6 is 0 Å². The Hall–Kier alpha value is -4.25. The monoisotopic (exact) mass is 555 g/mol. The van der Waals surface area contributed by atoms with Gasteiger partial charge >= 0.3 is 0 Å². The summed E-state index contributed by atoms with van der Waals surface area (Å²) >= 11 is 0. The lowest BCUT2D eigenvalue weighted by atomic mass is 9.85. The highest BCUT2D eigenvalue weighted by atomic mass is 19.1. The fraction of sp³-hybridized carbons (Fsp3) is 0.278. The maximum absolute atomic E-state index is 9.96. The Morgan fingerprint density at radius 3 is 1.88 bits per heavy atom. The Bertz CT molecular complexity index is 1440. The first kappa shape index (κ1) is 31.3. The molecule has 2 atom stereocenters. The minimum atomic E-state index is -1.00. The highest BCUT2D eigenvalue weighted by Crippen LogP contribution is 2.41. The lowest BCUT2D eigenvalue weighted by Gasteiger charge is -2.22. The predicted octanol–water partition coefficient (Wildman–Crippen LogP) is 9.18. The normalized spacial score (nSPS) is 17.7. The van der Waals surface area contributed by atoms with E-state index in [0.29, 0.717) is 13.2 Å². The number of alkyl halides is 1. The van der Waals surface area contributed by atoms with Crippen LogP contribution in [0.5, 0.6) is 0 Å². The molecule has 0 aromatic heterocycles. The summed E-state index contributed by atoms with van der Waals surface area (Å²) in [6.07, 6.45) is 0. The Balaban J connectivity index is 0.000000258. The molecule has 2 aliphatic rings. The van der Waals surface area contributed by atoms with Crippen molar-refractivity contribution in [2.45, 2.75) is 47.2 Å². The van der Waals surface area contributed by atoms with Gasteiger partial charge in [0, 0.05) is 11.1 Å². The van der Waals surface area contributed by atoms with Gasteiger partial charge in [-0.25, -0.2) is 9.98 Å². The summed E-state index contributed by atoms with van der Waals surface area (Å²) < 4.78 is 26.8. The third-order valence-corrected chi connectivity index (χ3v) is 6.75. The zero-order valence-corrected chi connectivity index (χ0v) is 22.7. The van der Waals surface area contributed by atoms with Gasteiger partial charge in [0.1, 0.15) is 11.6 Å². The highest BCUT2D eigenvalue weighted by molar-refractivity contribution is 6.00. The lowest BCUT2D eigenvalue weighted by Crippen LogP contribution is -2.18. The first-order valence-corrected chi connectivity index (χ1v) is 13.1. The summed E-state index contributed by atoms with van der Waals surface area (Å²) in [6, 6.07) is 37.4. The number of ether oxygens (including phenoxy) is 2. The number of halogens is 1. The van der Waals surface area contributed by atoms with Crippen LogP contribution in [0.4, 0.5) is 4.39 Å². The zero-order valence-electron chi connectivity index (χ0n) is 23.7. The Morgan fingerprint density at radius 2 is 1.24 bits per heavy atom. The van der Waals surface area contributed by atoms with Gasteiger partial charge in [-0.1, -0.05) is 112 Å².